The molecule has 1 aromatic heterocycles. The molecule has 2 amide bonds. The zero-order valence-electron chi connectivity index (χ0n) is 13.9. The monoisotopic (exact) mass is 321 g/mol. The molecule has 1 aliphatic heterocycles. The van der Waals surface area contributed by atoms with Gasteiger partial charge in [0.05, 0.1) is 0 Å². The van der Waals surface area contributed by atoms with Crippen LogP contribution in [0, 0.1) is 5.41 Å². The molecule has 7 nitrogen and oxygen atoms in total. The number of carbonyl (C=O) groups is 1. The fourth-order valence-corrected chi connectivity index (χ4v) is 3.52. The van der Waals surface area contributed by atoms with Gasteiger partial charge in [-0.15, -0.1) is 10.2 Å². The standard InChI is InChI=1S/C16H27N5O2/c1-23-11-8-16(6-3-7-16)12-18-15(22)17-9-5-14-20-19-13-4-2-10-21(13)14/h2-12H2,1H3,(H2,17,18,22). The molecule has 0 bridgehead atoms. The lowest BCUT2D eigenvalue weighted by molar-refractivity contribution is 0.0712. The Morgan fingerprint density at radius 3 is 2.91 bits per heavy atom. The molecule has 0 saturated heterocycles. The van der Waals surface area contributed by atoms with Crippen LogP contribution in [0.1, 0.15) is 43.8 Å². The van der Waals surface area contributed by atoms with Crippen molar-refractivity contribution in [3.63, 3.8) is 0 Å². The van der Waals surface area contributed by atoms with E-state index in [1.165, 1.54) is 19.3 Å². The molecule has 2 N–H and O–H groups in total. The Labute approximate surface area is 137 Å². The Balaban J connectivity index is 1.36. The van der Waals surface area contributed by atoms with Crippen LogP contribution < -0.4 is 10.6 Å². The van der Waals surface area contributed by atoms with Gasteiger partial charge in [0.25, 0.3) is 0 Å². The summed E-state index contributed by atoms with van der Waals surface area (Å²) in [6, 6.07) is -0.0881. The van der Waals surface area contributed by atoms with Crippen LogP contribution in [-0.4, -0.2) is 47.6 Å². The van der Waals surface area contributed by atoms with Crippen molar-refractivity contribution in [2.45, 2.75) is 51.5 Å². The molecule has 2 heterocycles. The zero-order valence-corrected chi connectivity index (χ0v) is 13.9. The number of aryl methyl sites for hydroxylation is 1. The summed E-state index contributed by atoms with van der Waals surface area (Å²) in [5.74, 6) is 2.06. The van der Waals surface area contributed by atoms with Crippen molar-refractivity contribution in [2.24, 2.45) is 5.41 Å². The number of ether oxygens (including phenoxy) is 1. The van der Waals surface area contributed by atoms with Gasteiger partial charge in [-0.25, -0.2) is 4.79 Å². The molecule has 0 spiro atoms. The van der Waals surface area contributed by atoms with E-state index in [1.54, 1.807) is 7.11 Å². The van der Waals surface area contributed by atoms with Crippen molar-refractivity contribution >= 4 is 6.03 Å². The van der Waals surface area contributed by atoms with E-state index in [0.717, 1.165) is 57.0 Å². The minimum atomic E-state index is -0.0881. The molecular formula is C16H27N5O2. The number of hydrogen-bond donors (Lipinski definition) is 2. The van der Waals surface area contributed by atoms with Crippen LogP contribution in [0.15, 0.2) is 0 Å². The smallest absolute Gasteiger partial charge is 0.314 e. The van der Waals surface area contributed by atoms with Crippen molar-refractivity contribution in [3.8, 4) is 0 Å². The van der Waals surface area contributed by atoms with Gasteiger partial charge in [0.15, 0.2) is 0 Å². The minimum Gasteiger partial charge on any atom is -0.385 e. The van der Waals surface area contributed by atoms with E-state index < -0.39 is 0 Å². The van der Waals surface area contributed by atoms with Crippen molar-refractivity contribution in [3.05, 3.63) is 11.6 Å². The number of methoxy groups -OCH3 is 1. The highest BCUT2D eigenvalue weighted by Crippen LogP contribution is 2.43. The zero-order chi connectivity index (χ0) is 16.1. The topological polar surface area (TPSA) is 81.1 Å². The van der Waals surface area contributed by atoms with Gasteiger partial charge in [-0.3, -0.25) is 0 Å². The lowest BCUT2D eigenvalue weighted by Gasteiger charge is -2.42. The maximum Gasteiger partial charge on any atom is 0.314 e. The summed E-state index contributed by atoms with van der Waals surface area (Å²) in [5, 5.41) is 14.3. The third kappa shape index (κ3) is 3.83. The molecule has 0 atom stereocenters. The van der Waals surface area contributed by atoms with Gasteiger partial charge in [0.1, 0.15) is 11.6 Å². The lowest BCUT2D eigenvalue weighted by Crippen LogP contribution is -2.46. The third-order valence-corrected chi connectivity index (χ3v) is 5.19. The highest BCUT2D eigenvalue weighted by atomic mass is 16.5. The highest BCUT2D eigenvalue weighted by molar-refractivity contribution is 5.73. The molecule has 3 rings (SSSR count). The first-order valence-corrected chi connectivity index (χ1v) is 8.64. The van der Waals surface area contributed by atoms with Crippen LogP contribution in [0.4, 0.5) is 4.79 Å². The SMILES string of the molecule is COCCC1(CNC(=O)NCCc2nnc3n2CCC3)CCC1. The second-order valence-corrected chi connectivity index (χ2v) is 6.74. The molecule has 128 valence electrons. The van der Waals surface area contributed by atoms with E-state index in [1.807, 2.05) is 0 Å². The molecule has 1 aliphatic carbocycles. The van der Waals surface area contributed by atoms with E-state index in [-0.39, 0.29) is 11.4 Å². The Morgan fingerprint density at radius 1 is 1.30 bits per heavy atom. The number of fused-ring (bicyclic) bond motifs is 1. The number of aromatic nitrogens is 3. The maximum absolute atomic E-state index is 12.0. The van der Waals surface area contributed by atoms with Gasteiger partial charge in [-0.05, 0) is 31.1 Å². The summed E-state index contributed by atoms with van der Waals surface area (Å²) >= 11 is 0. The van der Waals surface area contributed by atoms with Crippen LogP contribution in [0.5, 0.6) is 0 Å². The van der Waals surface area contributed by atoms with E-state index in [0.29, 0.717) is 6.54 Å². The fourth-order valence-electron chi connectivity index (χ4n) is 3.52. The van der Waals surface area contributed by atoms with Gasteiger partial charge in [-0.1, -0.05) is 6.42 Å². The molecule has 7 heteroatoms. The van der Waals surface area contributed by atoms with E-state index >= 15 is 0 Å². The van der Waals surface area contributed by atoms with Crippen molar-refractivity contribution in [1.82, 2.24) is 25.4 Å². The van der Waals surface area contributed by atoms with Crippen molar-refractivity contribution in [2.75, 3.05) is 26.8 Å². The Morgan fingerprint density at radius 2 is 2.17 bits per heavy atom. The van der Waals surface area contributed by atoms with Gasteiger partial charge < -0.3 is 19.9 Å². The molecule has 1 fully saturated rings. The van der Waals surface area contributed by atoms with Gasteiger partial charge in [-0.2, -0.15) is 0 Å². The number of rotatable bonds is 8. The predicted molar refractivity (Wildman–Crippen MR) is 86.2 cm³/mol. The number of hydrogen-bond acceptors (Lipinski definition) is 4. The van der Waals surface area contributed by atoms with Crippen molar-refractivity contribution in [1.29, 1.82) is 0 Å². The molecule has 23 heavy (non-hydrogen) atoms. The van der Waals surface area contributed by atoms with Gasteiger partial charge in [0.2, 0.25) is 0 Å². The molecule has 2 aliphatic rings. The van der Waals surface area contributed by atoms with Crippen LogP contribution >= 0.6 is 0 Å². The molecular weight excluding hydrogens is 294 g/mol. The van der Waals surface area contributed by atoms with E-state index in [9.17, 15) is 4.79 Å². The second kappa shape index (κ2) is 7.29. The quantitative estimate of drug-likeness (QED) is 0.755. The predicted octanol–water partition coefficient (Wildman–Crippen LogP) is 1.27. The summed E-state index contributed by atoms with van der Waals surface area (Å²) in [6.45, 7) is 3.10. The summed E-state index contributed by atoms with van der Waals surface area (Å²) in [5.41, 5.74) is 0.251. The van der Waals surface area contributed by atoms with Gasteiger partial charge >= 0.3 is 6.03 Å². The number of nitrogens with one attached hydrogen (secondary N) is 2. The van der Waals surface area contributed by atoms with E-state index in [2.05, 4.69) is 25.4 Å². The largest absolute Gasteiger partial charge is 0.385 e. The number of amides is 2. The Hall–Kier alpha value is -1.63. The molecule has 1 saturated carbocycles. The van der Waals surface area contributed by atoms with Crippen molar-refractivity contribution < 1.29 is 9.53 Å². The number of urea groups is 1. The summed E-state index contributed by atoms with van der Waals surface area (Å²) in [7, 11) is 1.73. The Bertz CT molecular complexity index is 539. The van der Waals surface area contributed by atoms with Crippen LogP contribution in [0.2, 0.25) is 0 Å². The second-order valence-electron chi connectivity index (χ2n) is 6.74. The molecule has 0 radical (unpaired) electrons. The average molecular weight is 321 g/mol. The highest BCUT2D eigenvalue weighted by Gasteiger charge is 2.36. The van der Waals surface area contributed by atoms with Crippen LogP contribution in [0.3, 0.4) is 0 Å². The molecule has 1 aromatic rings. The first-order valence-electron chi connectivity index (χ1n) is 8.64. The summed E-state index contributed by atoms with van der Waals surface area (Å²) < 4.78 is 7.35. The maximum atomic E-state index is 12.0. The lowest BCUT2D eigenvalue weighted by atomic mass is 9.67. The summed E-state index contributed by atoms with van der Waals surface area (Å²) in [6.07, 6.45) is 7.54. The Kier molecular flexibility index (Phi) is 5.15. The third-order valence-electron chi connectivity index (χ3n) is 5.19. The first kappa shape index (κ1) is 16.2. The van der Waals surface area contributed by atoms with Crippen LogP contribution in [0.25, 0.3) is 0 Å². The van der Waals surface area contributed by atoms with E-state index in [4.69, 9.17) is 4.74 Å². The summed E-state index contributed by atoms with van der Waals surface area (Å²) in [4.78, 5) is 12.0. The normalized spacial score (nSPS) is 18.3. The molecule has 0 aromatic carbocycles. The fraction of sp³-hybridized carbons (Fsp3) is 0.812. The molecule has 0 unspecified atom stereocenters. The average Bonchev–Trinajstić information content (AvgIpc) is 3.10. The minimum absolute atomic E-state index is 0.0881. The number of nitrogens with zero attached hydrogens (tertiary/aromatic N) is 3. The first-order chi connectivity index (χ1) is 11.2. The van der Waals surface area contributed by atoms with Crippen LogP contribution in [-0.2, 0) is 24.1 Å². The van der Waals surface area contributed by atoms with Gasteiger partial charge in [0, 0.05) is 46.2 Å². The number of carbonyl (C=O) groups excluding carboxylic acids is 1.